The van der Waals surface area contributed by atoms with Gasteiger partial charge in [-0.25, -0.2) is 4.79 Å². The van der Waals surface area contributed by atoms with Crippen LogP contribution in [0, 0.1) is 5.92 Å². The van der Waals surface area contributed by atoms with Gasteiger partial charge in [0.15, 0.2) is 6.04 Å². The van der Waals surface area contributed by atoms with Crippen LogP contribution < -0.4 is 10.1 Å². The van der Waals surface area contributed by atoms with Crippen LogP contribution in [0.2, 0.25) is 0 Å². The Labute approximate surface area is 130 Å². The molecule has 2 rings (SSSR count). The van der Waals surface area contributed by atoms with Crippen LogP contribution in [-0.4, -0.2) is 23.6 Å². The topological polar surface area (TPSA) is 75.6 Å². The molecule has 1 aliphatic rings. The third kappa shape index (κ3) is 3.78. The van der Waals surface area contributed by atoms with Crippen molar-refractivity contribution in [2.24, 2.45) is 5.92 Å². The number of carbonyl (C=O) groups is 2. The van der Waals surface area contributed by atoms with Gasteiger partial charge in [-0.05, 0) is 29.7 Å². The van der Waals surface area contributed by atoms with Crippen molar-refractivity contribution < 1.29 is 19.4 Å². The van der Waals surface area contributed by atoms with Gasteiger partial charge >= 0.3 is 5.97 Å². The van der Waals surface area contributed by atoms with Gasteiger partial charge < -0.3 is 15.2 Å². The summed E-state index contributed by atoms with van der Waals surface area (Å²) in [5.41, 5.74) is 1.59. The average molecular weight is 305 g/mol. The lowest BCUT2D eigenvalue weighted by Gasteiger charge is -2.18. The largest absolute Gasteiger partial charge is 0.493 e. The lowest BCUT2D eigenvalue weighted by Crippen LogP contribution is -2.37. The molecular formula is C17H23NO4. The molecule has 1 amide bonds. The Morgan fingerprint density at radius 1 is 1.41 bits per heavy atom. The highest BCUT2D eigenvalue weighted by atomic mass is 16.5. The molecule has 0 saturated heterocycles. The average Bonchev–Trinajstić information content (AvgIpc) is 2.96. The van der Waals surface area contributed by atoms with Gasteiger partial charge in [0.2, 0.25) is 5.91 Å². The van der Waals surface area contributed by atoms with Gasteiger partial charge in [-0.3, -0.25) is 4.79 Å². The minimum absolute atomic E-state index is 0.181. The maximum absolute atomic E-state index is 12.2. The number of hydrogen-bond acceptors (Lipinski definition) is 3. The van der Waals surface area contributed by atoms with Crippen LogP contribution >= 0.6 is 0 Å². The zero-order valence-electron chi connectivity index (χ0n) is 13.1. The molecule has 1 aromatic rings. The van der Waals surface area contributed by atoms with Crippen molar-refractivity contribution in [3.63, 3.8) is 0 Å². The Balaban J connectivity index is 2.10. The van der Waals surface area contributed by atoms with Crippen LogP contribution in [0.15, 0.2) is 18.2 Å². The summed E-state index contributed by atoms with van der Waals surface area (Å²) >= 11 is 0. The molecule has 5 nitrogen and oxygen atoms in total. The fourth-order valence-electron chi connectivity index (χ4n) is 2.60. The predicted molar refractivity (Wildman–Crippen MR) is 82.8 cm³/mol. The lowest BCUT2D eigenvalue weighted by atomic mass is 10.00. The van der Waals surface area contributed by atoms with Crippen LogP contribution in [0.25, 0.3) is 0 Å². The van der Waals surface area contributed by atoms with Crippen LogP contribution in [0.4, 0.5) is 0 Å². The van der Waals surface area contributed by atoms with E-state index in [2.05, 4.69) is 12.2 Å². The first-order valence-corrected chi connectivity index (χ1v) is 7.81. The van der Waals surface area contributed by atoms with Crippen molar-refractivity contribution in [1.29, 1.82) is 0 Å². The van der Waals surface area contributed by atoms with Gasteiger partial charge in [-0.1, -0.05) is 32.8 Å². The second-order valence-corrected chi connectivity index (χ2v) is 5.79. The quantitative estimate of drug-likeness (QED) is 0.812. The molecule has 0 bridgehead atoms. The number of hydrogen-bond donors (Lipinski definition) is 2. The number of rotatable bonds is 7. The normalized spacial score (nSPS) is 15.5. The summed E-state index contributed by atoms with van der Waals surface area (Å²) in [5.74, 6) is -0.636. The number of amides is 1. The molecule has 1 aromatic carbocycles. The summed E-state index contributed by atoms with van der Waals surface area (Å²) in [6.07, 6.45) is 3.52. The molecule has 5 heteroatoms. The van der Waals surface area contributed by atoms with E-state index >= 15 is 0 Å². The Morgan fingerprint density at radius 3 is 2.86 bits per heavy atom. The lowest BCUT2D eigenvalue weighted by molar-refractivity contribution is -0.142. The first kappa shape index (κ1) is 16.3. The monoisotopic (exact) mass is 305 g/mol. The number of aliphatic carboxylic acids is 1. The fraction of sp³-hybridized carbons (Fsp3) is 0.529. The number of unbranched alkanes of at least 4 members (excludes halogenated alkanes) is 1. The molecule has 0 aliphatic carbocycles. The van der Waals surface area contributed by atoms with Gasteiger partial charge in [0.25, 0.3) is 0 Å². The van der Waals surface area contributed by atoms with E-state index in [0.29, 0.717) is 12.2 Å². The number of ether oxygens (including phenoxy) is 1. The van der Waals surface area contributed by atoms with Crippen molar-refractivity contribution >= 4 is 11.9 Å². The zero-order chi connectivity index (χ0) is 16.1. The van der Waals surface area contributed by atoms with E-state index in [0.717, 1.165) is 37.0 Å². The number of fused-ring (bicyclic) bond motifs is 1. The summed E-state index contributed by atoms with van der Waals surface area (Å²) in [7, 11) is 0. The van der Waals surface area contributed by atoms with Crippen LogP contribution in [-0.2, 0) is 16.0 Å². The Hall–Kier alpha value is -2.04. The summed E-state index contributed by atoms with van der Waals surface area (Å²) < 4.78 is 5.42. The molecule has 0 fully saturated rings. The van der Waals surface area contributed by atoms with Gasteiger partial charge in [-0.2, -0.15) is 0 Å². The molecular weight excluding hydrogens is 282 g/mol. The van der Waals surface area contributed by atoms with E-state index in [1.807, 2.05) is 13.0 Å². The molecule has 0 radical (unpaired) electrons. The van der Waals surface area contributed by atoms with Crippen molar-refractivity contribution in [1.82, 2.24) is 5.32 Å². The van der Waals surface area contributed by atoms with Crippen LogP contribution in [0.3, 0.4) is 0 Å². The van der Waals surface area contributed by atoms with E-state index in [9.17, 15) is 14.7 Å². The van der Waals surface area contributed by atoms with Gasteiger partial charge in [0.05, 0.1) is 6.61 Å². The molecule has 0 aromatic heterocycles. The Kier molecular flexibility index (Phi) is 5.41. The third-order valence-electron chi connectivity index (χ3n) is 4.02. The summed E-state index contributed by atoms with van der Waals surface area (Å²) in [6.45, 7) is 4.52. The zero-order valence-corrected chi connectivity index (χ0v) is 13.1. The van der Waals surface area contributed by atoms with E-state index in [1.54, 1.807) is 12.1 Å². The van der Waals surface area contributed by atoms with Gasteiger partial charge in [-0.15, -0.1) is 0 Å². The minimum atomic E-state index is -1.05. The third-order valence-corrected chi connectivity index (χ3v) is 4.02. The highest BCUT2D eigenvalue weighted by Crippen LogP contribution is 2.28. The summed E-state index contributed by atoms with van der Waals surface area (Å²) in [5, 5.41) is 12.1. The maximum atomic E-state index is 12.2. The standard InChI is InChI=1S/C17H23NO4/c1-3-4-5-11(2)16(19)18-15(17(20)21)13-6-7-14-12(10-13)8-9-22-14/h6-7,10-11,15H,3-5,8-9H2,1-2H3,(H,18,19)(H,20,21). The number of nitrogens with one attached hydrogen (secondary N) is 1. The molecule has 2 N–H and O–H groups in total. The molecule has 2 atom stereocenters. The number of carbonyl (C=O) groups excluding carboxylic acids is 1. The predicted octanol–water partition coefficient (Wildman–Crippen LogP) is 2.69. The van der Waals surface area contributed by atoms with E-state index in [1.165, 1.54) is 0 Å². The van der Waals surface area contributed by atoms with E-state index in [-0.39, 0.29) is 11.8 Å². The molecule has 120 valence electrons. The number of carboxylic acids is 1. The van der Waals surface area contributed by atoms with Crippen molar-refractivity contribution in [3.05, 3.63) is 29.3 Å². The fourth-order valence-corrected chi connectivity index (χ4v) is 2.60. The number of benzene rings is 1. The summed E-state index contributed by atoms with van der Waals surface area (Å²) in [6, 6.07) is 4.29. The van der Waals surface area contributed by atoms with E-state index < -0.39 is 12.0 Å². The highest BCUT2D eigenvalue weighted by Gasteiger charge is 2.26. The summed E-state index contributed by atoms with van der Waals surface area (Å²) in [4.78, 5) is 23.7. The molecule has 22 heavy (non-hydrogen) atoms. The molecule has 0 saturated carbocycles. The Morgan fingerprint density at radius 2 is 2.18 bits per heavy atom. The maximum Gasteiger partial charge on any atom is 0.330 e. The minimum Gasteiger partial charge on any atom is -0.493 e. The van der Waals surface area contributed by atoms with Crippen molar-refractivity contribution in [3.8, 4) is 5.75 Å². The van der Waals surface area contributed by atoms with Gasteiger partial charge in [0, 0.05) is 12.3 Å². The van der Waals surface area contributed by atoms with Gasteiger partial charge in [0.1, 0.15) is 5.75 Å². The van der Waals surface area contributed by atoms with Crippen LogP contribution in [0.5, 0.6) is 5.75 Å². The second kappa shape index (κ2) is 7.29. The van der Waals surface area contributed by atoms with E-state index in [4.69, 9.17) is 4.74 Å². The molecule has 2 unspecified atom stereocenters. The molecule has 1 aliphatic heterocycles. The molecule has 1 heterocycles. The smallest absolute Gasteiger partial charge is 0.330 e. The van der Waals surface area contributed by atoms with Crippen molar-refractivity contribution in [2.75, 3.05) is 6.61 Å². The first-order valence-electron chi connectivity index (χ1n) is 7.81. The SMILES string of the molecule is CCCCC(C)C(=O)NC(C(=O)O)c1ccc2c(c1)CCO2. The molecule has 0 spiro atoms. The van der Waals surface area contributed by atoms with Crippen molar-refractivity contribution in [2.45, 2.75) is 45.6 Å². The highest BCUT2D eigenvalue weighted by molar-refractivity contribution is 5.85. The number of carboxylic acid groups (broad SMARTS) is 1. The first-order chi connectivity index (χ1) is 10.5. The van der Waals surface area contributed by atoms with Crippen LogP contribution in [0.1, 0.15) is 50.3 Å². The second-order valence-electron chi connectivity index (χ2n) is 5.79. The Bertz CT molecular complexity index is 556.